The fraction of sp³-hybridized carbons (Fsp3) is 0.708. The molecule has 0 amide bonds. The van der Waals surface area contributed by atoms with Crippen molar-refractivity contribution >= 4 is 5.78 Å². The van der Waals surface area contributed by atoms with Crippen LogP contribution < -0.4 is 0 Å². The Morgan fingerprint density at radius 1 is 0.929 bits per heavy atom. The van der Waals surface area contributed by atoms with E-state index in [0.717, 1.165) is 30.4 Å². The van der Waals surface area contributed by atoms with E-state index in [4.69, 9.17) is 0 Å². The van der Waals surface area contributed by atoms with Gasteiger partial charge in [-0.2, -0.15) is 0 Å². The molecule has 0 saturated heterocycles. The van der Waals surface area contributed by atoms with Gasteiger partial charge in [0, 0.05) is 11.8 Å². The summed E-state index contributed by atoms with van der Waals surface area (Å²) in [7, 11) is 0. The summed E-state index contributed by atoms with van der Waals surface area (Å²) in [5.41, 5.74) is 0.372. The lowest BCUT2D eigenvalue weighted by atomic mass is 9.69. The van der Waals surface area contributed by atoms with Crippen molar-refractivity contribution in [3.63, 3.8) is 0 Å². The summed E-state index contributed by atoms with van der Waals surface area (Å²) >= 11 is 0. The molecule has 0 aliphatic heterocycles. The summed E-state index contributed by atoms with van der Waals surface area (Å²) in [4.78, 5) is 12.2. The van der Waals surface area contributed by atoms with Gasteiger partial charge in [-0.3, -0.25) is 4.79 Å². The van der Waals surface area contributed by atoms with Gasteiger partial charge < -0.3 is 0 Å². The highest BCUT2D eigenvalue weighted by atomic mass is 19.2. The van der Waals surface area contributed by atoms with Crippen LogP contribution >= 0.6 is 0 Å². The second-order valence-corrected chi connectivity index (χ2v) is 8.76. The SMILES string of the molecule is CCC(C)C(=O)C1CCC(C2CCCCC2)CC1.Cc1cc(F)c(F)c(F)c1. The molecule has 158 valence electrons. The number of Topliss-reactive ketones (excluding diaryl/α,β-unsaturated/α-hetero) is 1. The molecule has 2 aliphatic rings. The van der Waals surface area contributed by atoms with Gasteiger partial charge in [0.2, 0.25) is 0 Å². The maximum Gasteiger partial charge on any atom is 0.194 e. The first-order valence-electron chi connectivity index (χ1n) is 11.0. The topological polar surface area (TPSA) is 17.1 Å². The Morgan fingerprint density at radius 2 is 1.43 bits per heavy atom. The summed E-state index contributed by atoms with van der Waals surface area (Å²) < 4.78 is 36.6. The largest absolute Gasteiger partial charge is 0.299 e. The Balaban J connectivity index is 0.000000237. The van der Waals surface area contributed by atoms with E-state index < -0.39 is 17.5 Å². The van der Waals surface area contributed by atoms with E-state index in [1.807, 2.05) is 0 Å². The molecule has 2 aliphatic carbocycles. The fourth-order valence-electron chi connectivity index (χ4n) is 4.77. The third kappa shape index (κ3) is 6.35. The second-order valence-electron chi connectivity index (χ2n) is 8.76. The van der Waals surface area contributed by atoms with E-state index in [1.54, 1.807) is 0 Å². The Morgan fingerprint density at radius 3 is 1.93 bits per heavy atom. The van der Waals surface area contributed by atoms with Gasteiger partial charge in [0.05, 0.1) is 0 Å². The maximum absolute atomic E-state index is 12.2. The molecule has 4 heteroatoms. The monoisotopic (exact) mass is 396 g/mol. The highest BCUT2D eigenvalue weighted by Gasteiger charge is 2.32. The van der Waals surface area contributed by atoms with Crippen molar-refractivity contribution in [3.05, 3.63) is 35.1 Å². The molecule has 1 unspecified atom stereocenters. The number of ketones is 1. The van der Waals surface area contributed by atoms with Crippen molar-refractivity contribution in [2.75, 3.05) is 0 Å². The number of carbonyl (C=O) groups excluding carboxylic acids is 1. The number of carbonyl (C=O) groups is 1. The van der Waals surface area contributed by atoms with Gasteiger partial charge in [-0.1, -0.05) is 46.0 Å². The number of hydrogen-bond donors (Lipinski definition) is 0. The third-order valence-corrected chi connectivity index (χ3v) is 6.72. The molecular weight excluding hydrogens is 361 g/mol. The van der Waals surface area contributed by atoms with E-state index in [0.29, 0.717) is 23.2 Å². The van der Waals surface area contributed by atoms with Crippen LogP contribution in [-0.4, -0.2) is 5.78 Å². The molecule has 0 radical (unpaired) electrons. The minimum absolute atomic E-state index is 0.293. The smallest absolute Gasteiger partial charge is 0.194 e. The van der Waals surface area contributed by atoms with Crippen LogP contribution in [0.1, 0.15) is 83.6 Å². The van der Waals surface area contributed by atoms with Crippen LogP contribution in [0.15, 0.2) is 12.1 Å². The number of aryl methyl sites for hydroxylation is 1. The van der Waals surface area contributed by atoms with Crippen molar-refractivity contribution in [3.8, 4) is 0 Å². The summed E-state index contributed by atoms with van der Waals surface area (Å²) in [6, 6.07) is 1.89. The lowest BCUT2D eigenvalue weighted by molar-refractivity contribution is -0.127. The minimum Gasteiger partial charge on any atom is -0.299 e. The number of halogens is 3. The van der Waals surface area contributed by atoms with Gasteiger partial charge in [0.15, 0.2) is 17.5 Å². The lowest BCUT2D eigenvalue weighted by Gasteiger charge is -2.36. The van der Waals surface area contributed by atoms with Crippen LogP contribution in [-0.2, 0) is 4.79 Å². The van der Waals surface area contributed by atoms with Crippen LogP contribution in [0, 0.1) is 48.0 Å². The molecule has 1 aromatic carbocycles. The molecule has 1 nitrogen and oxygen atoms in total. The van der Waals surface area contributed by atoms with Crippen LogP contribution in [0.3, 0.4) is 0 Å². The highest BCUT2D eigenvalue weighted by Crippen LogP contribution is 2.40. The zero-order chi connectivity index (χ0) is 20.7. The quantitative estimate of drug-likeness (QED) is 0.485. The van der Waals surface area contributed by atoms with Crippen LogP contribution in [0.4, 0.5) is 13.2 Å². The van der Waals surface area contributed by atoms with Crippen LogP contribution in [0.5, 0.6) is 0 Å². The third-order valence-electron chi connectivity index (χ3n) is 6.72. The second kappa shape index (κ2) is 11.0. The molecule has 2 saturated carbocycles. The maximum atomic E-state index is 12.2. The lowest BCUT2D eigenvalue weighted by Crippen LogP contribution is -2.29. The molecule has 0 aromatic heterocycles. The summed E-state index contributed by atoms with van der Waals surface area (Å²) in [5.74, 6) is -0.495. The van der Waals surface area contributed by atoms with E-state index in [2.05, 4.69) is 13.8 Å². The van der Waals surface area contributed by atoms with E-state index >= 15 is 0 Å². The first-order chi connectivity index (χ1) is 13.3. The standard InChI is InChI=1S/C17H30O.C7H5F3/c1-3-13(2)17(18)16-11-9-15(10-12-16)14-7-5-4-6-8-14;1-4-2-5(8)7(10)6(9)3-4/h13-16H,3-12H2,1-2H3;2-3H,1H3. The van der Waals surface area contributed by atoms with Gasteiger partial charge in [-0.05, 0) is 68.6 Å². The van der Waals surface area contributed by atoms with E-state index in [1.165, 1.54) is 64.7 Å². The van der Waals surface area contributed by atoms with Crippen molar-refractivity contribution in [2.45, 2.75) is 85.0 Å². The Hall–Kier alpha value is -1.32. The first-order valence-corrected chi connectivity index (χ1v) is 11.0. The molecule has 2 fully saturated rings. The van der Waals surface area contributed by atoms with Crippen molar-refractivity contribution in [2.24, 2.45) is 23.7 Å². The zero-order valence-electron chi connectivity index (χ0n) is 17.6. The Kier molecular flexibility index (Phi) is 9.04. The molecule has 0 N–H and O–H groups in total. The van der Waals surface area contributed by atoms with Crippen molar-refractivity contribution < 1.29 is 18.0 Å². The van der Waals surface area contributed by atoms with Gasteiger partial charge in [-0.15, -0.1) is 0 Å². The summed E-state index contributed by atoms with van der Waals surface area (Å²) in [6.07, 6.45) is 13.3. The van der Waals surface area contributed by atoms with Crippen molar-refractivity contribution in [1.29, 1.82) is 0 Å². The fourth-order valence-corrected chi connectivity index (χ4v) is 4.77. The average Bonchev–Trinajstić information content (AvgIpc) is 2.72. The Labute approximate surface area is 168 Å². The van der Waals surface area contributed by atoms with Crippen LogP contribution in [0.2, 0.25) is 0 Å². The molecule has 0 heterocycles. The van der Waals surface area contributed by atoms with Crippen molar-refractivity contribution in [1.82, 2.24) is 0 Å². The predicted molar refractivity (Wildman–Crippen MR) is 108 cm³/mol. The van der Waals surface area contributed by atoms with E-state index in [-0.39, 0.29) is 0 Å². The summed E-state index contributed by atoms with van der Waals surface area (Å²) in [5, 5.41) is 0. The number of benzene rings is 1. The number of rotatable bonds is 4. The predicted octanol–water partition coefficient (Wildman–Crippen LogP) is 7.40. The van der Waals surface area contributed by atoms with Gasteiger partial charge >= 0.3 is 0 Å². The van der Waals surface area contributed by atoms with Gasteiger partial charge in [-0.25, -0.2) is 13.2 Å². The highest BCUT2D eigenvalue weighted by molar-refractivity contribution is 5.83. The van der Waals surface area contributed by atoms with Gasteiger partial charge in [0.25, 0.3) is 0 Å². The molecule has 1 aromatic rings. The average molecular weight is 397 g/mol. The Bertz CT molecular complexity index is 606. The molecule has 0 spiro atoms. The molecule has 28 heavy (non-hydrogen) atoms. The normalized spacial score (nSPS) is 24.2. The van der Waals surface area contributed by atoms with Crippen LogP contribution in [0.25, 0.3) is 0 Å². The molecule has 3 rings (SSSR count). The molecule has 1 atom stereocenters. The zero-order valence-corrected chi connectivity index (χ0v) is 17.6. The molecular formula is C24H35F3O. The minimum atomic E-state index is -1.41. The molecule has 0 bridgehead atoms. The summed E-state index contributed by atoms with van der Waals surface area (Å²) in [6.45, 7) is 5.73. The first kappa shape index (κ1) is 23.0. The number of hydrogen-bond acceptors (Lipinski definition) is 1. The van der Waals surface area contributed by atoms with Gasteiger partial charge in [0.1, 0.15) is 5.78 Å². The van der Waals surface area contributed by atoms with E-state index in [9.17, 15) is 18.0 Å².